The summed E-state index contributed by atoms with van der Waals surface area (Å²) in [6.07, 6.45) is 5.73. The highest BCUT2D eigenvalue weighted by molar-refractivity contribution is 5.90. The lowest BCUT2D eigenvalue weighted by Crippen LogP contribution is -2.36. The molecule has 1 saturated carbocycles. The van der Waals surface area contributed by atoms with Crippen molar-refractivity contribution < 1.29 is 14.3 Å². The number of rotatable bonds is 4. The minimum atomic E-state index is -0.421. The van der Waals surface area contributed by atoms with Crippen molar-refractivity contribution >= 4 is 5.97 Å². The molecular formula is C16H24N2O3. The lowest BCUT2D eigenvalue weighted by molar-refractivity contribution is -0.0647. The molecule has 116 valence electrons. The summed E-state index contributed by atoms with van der Waals surface area (Å²) >= 11 is 0. The monoisotopic (exact) mass is 292 g/mol. The summed E-state index contributed by atoms with van der Waals surface area (Å²) in [5.41, 5.74) is 0.652. The number of aromatic nitrogens is 2. The van der Waals surface area contributed by atoms with Crippen LogP contribution in [0.4, 0.5) is 0 Å². The maximum atomic E-state index is 11.8. The Morgan fingerprint density at radius 1 is 1.52 bits per heavy atom. The van der Waals surface area contributed by atoms with E-state index in [0.29, 0.717) is 29.6 Å². The standard InChI is InChI=1S/C16H24N2O3/c1-5-21-14(19)13-10-17-15(18-12(13)3)16(20-4)8-6-7-11(2)9-16/h10-11H,5-9H2,1-4H3. The zero-order chi connectivity index (χ0) is 15.5. The van der Waals surface area contributed by atoms with Crippen LogP contribution in [0.15, 0.2) is 6.20 Å². The van der Waals surface area contributed by atoms with Gasteiger partial charge in [-0.25, -0.2) is 14.8 Å². The molecule has 1 aromatic rings. The van der Waals surface area contributed by atoms with Crippen LogP contribution in [0.3, 0.4) is 0 Å². The second kappa shape index (κ2) is 6.52. The second-order valence-electron chi connectivity index (χ2n) is 5.81. The normalized spacial score (nSPS) is 25.6. The third-order valence-electron chi connectivity index (χ3n) is 4.23. The Hall–Kier alpha value is -1.49. The molecule has 0 spiro atoms. The SMILES string of the molecule is CCOC(=O)c1cnc(C2(OC)CCCC(C)C2)nc1C. The lowest BCUT2D eigenvalue weighted by Gasteiger charge is -2.37. The van der Waals surface area contributed by atoms with Crippen molar-refractivity contribution in [1.82, 2.24) is 9.97 Å². The van der Waals surface area contributed by atoms with Crippen LogP contribution in [0, 0.1) is 12.8 Å². The van der Waals surface area contributed by atoms with Crippen LogP contribution in [0.25, 0.3) is 0 Å². The number of nitrogens with zero attached hydrogens (tertiary/aromatic N) is 2. The van der Waals surface area contributed by atoms with Gasteiger partial charge >= 0.3 is 5.97 Å². The summed E-state index contributed by atoms with van der Waals surface area (Å²) in [7, 11) is 1.72. The van der Waals surface area contributed by atoms with E-state index in [-0.39, 0.29) is 5.97 Å². The molecule has 0 aromatic carbocycles. The van der Waals surface area contributed by atoms with E-state index in [4.69, 9.17) is 9.47 Å². The first kappa shape index (κ1) is 15.9. The van der Waals surface area contributed by atoms with Crippen LogP contribution >= 0.6 is 0 Å². The Balaban J connectivity index is 2.31. The number of hydrogen-bond donors (Lipinski definition) is 0. The zero-order valence-corrected chi connectivity index (χ0v) is 13.3. The van der Waals surface area contributed by atoms with Gasteiger partial charge in [-0.15, -0.1) is 0 Å². The molecule has 0 amide bonds. The second-order valence-corrected chi connectivity index (χ2v) is 5.81. The molecule has 0 bridgehead atoms. The van der Waals surface area contributed by atoms with E-state index in [1.807, 2.05) is 6.92 Å². The van der Waals surface area contributed by atoms with E-state index in [1.165, 1.54) is 6.42 Å². The molecule has 0 saturated heterocycles. The molecule has 2 rings (SSSR count). The van der Waals surface area contributed by atoms with Crippen molar-refractivity contribution in [2.24, 2.45) is 5.92 Å². The van der Waals surface area contributed by atoms with Crippen LogP contribution in [0.5, 0.6) is 0 Å². The van der Waals surface area contributed by atoms with Gasteiger partial charge in [0, 0.05) is 13.3 Å². The van der Waals surface area contributed by atoms with Crippen molar-refractivity contribution in [1.29, 1.82) is 0 Å². The first-order chi connectivity index (χ1) is 10.0. The number of aryl methyl sites for hydroxylation is 1. The van der Waals surface area contributed by atoms with E-state index in [1.54, 1.807) is 20.2 Å². The molecule has 0 aliphatic heterocycles. The van der Waals surface area contributed by atoms with Gasteiger partial charge in [-0.2, -0.15) is 0 Å². The Morgan fingerprint density at radius 3 is 2.86 bits per heavy atom. The molecule has 0 N–H and O–H groups in total. The predicted octanol–water partition coefficient (Wildman–Crippen LogP) is 3.01. The van der Waals surface area contributed by atoms with Crippen LogP contribution in [0.1, 0.15) is 61.4 Å². The molecule has 21 heavy (non-hydrogen) atoms. The number of ether oxygens (including phenoxy) is 2. The maximum absolute atomic E-state index is 11.8. The number of carbonyl (C=O) groups excluding carboxylic acids is 1. The number of esters is 1. The van der Waals surface area contributed by atoms with Gasteiger partial charge in [-0.3, -0.25) is 0 Å². The Bertz CT molecular complexity index is 518. The first-order valence-electron chi connectivity index (χ1n) is 7.59. The topological polar surface area (TPSA) is 61.3 Å². The van der Waals surface area contributed by atoms with Crippen molar-refractivity contribution in [3.05, 3.63) is 23.3 Å². The minimum absolute atomic E-state index is 0.347. The van der Waals surface area contributed by atoms with Gasteiger partial charge in [0.1, 0.15) is 5.60 Å². The Morgan fingerprint density at radius 2 is 2.29 bits per heavy atom. The van der Waals surface area contributed by atoms with Crippen molar-refractivity contribution in [2.75, 3.05) is 13.7 Å². The van der Waals surface area contributed by atoms with Gasteiger partial charge in [-0.05, 0) is 39.0 Å². The van der Waals surface area contributed by atoms with Gasteiger partial charge in [0.25, 0.3) is 0 Å². The van der Waals surface area contributed by atoms with E-state index in [2.05, 4.69) is 16.9 Å². The number of hydrogen-bond acceptors (Lipinski definition) is 5. The fraction of sp³-hybridized carbons (Fsp3) is 0.688. The average Bonchev–Trinajstić information content (AvgIpc) is 2.47. The molecule has 1 fully saturated rings. The van der Waals surface area contributed by atoms with Crippen molar-refractivity contribution in [2.45, 2.75) is 52.1 Å². The van der Waals surface area contributed by atoms with Gasteiger partial charge in [0.2, 0.25) is 0 Å². The third-order valence-corrected chi connectivity index (χ3v) is 4.23. The summed E-state index contributed by atoms with van der Waals surface area (Å²) < 4.78 is 10.8. The molecular weight excluding hydrogens is 268 g/mol. The zero-order valence-electron chi connectivity index (χ0n) is 13.3. The van der Waals surface area contributed by atoms with Crippen LogP contribution in [-0.4, -0.2) is 29.7 Å². The van der Waals surface area contributed by atoms with Crippen molar-refractivity contribution in [3.8, 4) is 0 Å². The van der Waals surface area contributed by atoms with Gasteiger partial charge in [-0.1, -0.05) is 13.3 Å². The highest BCUT2D eigenvalue weighted by atomic mass is 16.5. The number of carbonyl (C=O) groups is 1. The lowest BCUT2D eigenvalue weighted by atomic mass is 9.78. The fourth-order valence-corrected chi connectivity index (χ4v) is 3.08. The van der Waals surface area contributed by atoms with Gasteiger partial charge < -0.3 is 9.47 Å². The van der Waals surface area contributed by atoms with Crippen molar-refractivity contribution in [3.63, 3.8) is 0 Å². The van der Waals surface area contributed by atoms with E-state index >= 15 is 0 Å². The highest BCUT2D eigenvalue weighted by Gasteiger charge is 2.39. The largest absolute Gasteiger partial charge is 0.462 e. The molecule has 1 aromatic heterocycles. The molecule has 0 radical (unpaired) electrons. The summed E-state index contributed by atoms with van der Waals surface area (Å²) in [6, 6.07) is 0. The molecule has 1 heterocycles. The Labute approximate surface area is 126 Å². The molecule has 2 atom stereocenters. The third kappa shape index (κ3) is 3.23. The summed E-state index contributed by atoms with van der Waals surface area (Å²) in [5.74, 6) is 0.902. The maximum Gasteiger partial charge on any atom is 0.341 e. The van der Waals surface area contributed by atoms with Crippen LogP contribution in [-0.2, 0) is 15.1 Å². The Kier molecular flexibility index (Phi) is 4.93. The molecule has 1 aliphatic carbocycles. The molecule has 5 nitrogen and oxygen atoms in total. The number of methoxy groups -OCH3 is 1. The fourth-order valence-electron chi connectivity index (χ4n) is 3.08. The van der Waals surface area contributed by atoms with Gasteiger partial charge in [0.05, 0.1) is 17.9 Å². The van der Waals surface area contributed by atoms with Gasteiger partial charge in [0.15, 0.2) is 5.82 Å². The van der Waals surface area contributed by atoms with E-state index in [9.17, 15) is 4.79 Å². The first-order valence-corrected chi connectivity index (χ1v) is 7.59. The summed E-state index contributed by atoms with van der Waals surface area (Å²) in [5, 5.41) is 0. The highest BCUT2D eigenvalue weighted by Crippen LogP contribution is 2.41. The summed E-state index contributed by atoms with van der Waals surface area (Å²) in [4.78, 5) is 20.8. The van der Waals surface area contributed by atoms with Crippen LogP contribution < -0.4 is 0 Å². The molecule has 5 heteroatoms. The predicted molar refractivity (Wildman–Crippen MR) is 79.0 cm³/mol. The van der Waals surface area contributed by atoms with Crippen LogP contribution in [0.2, 0.25) is 0 Å². The quantitative estimate of drug-likeness (QED) is 0.798. The average molecular weight is 292 g/mol. The molecule has 2 unspecified atom stereocenters. The van der Waals surface area contributed by atoms with E-state index < -0.39 is 5.60 Å². The summed E-state index contributed by atoms with van der Waals surface area (Å²) in [6.45, 7) is 6.17. The molecule has 1 aliphatic rings. The smallest absolute Gasteiger partial charge is 0.341 e. The van der Waals surface area contributed by atoms with E-state index in [0.717, 1.165) is 19.3 Å². The minimum Gasteiger partial charge on any atom is -0.462 e.